The molecule has 0 aromatic heterocycles. The molecule has 1 atom stereocenters. The molecule has 11 heavy (non-hydrogen) atoms. The van der Waals surface area contributed by atoms with Crippen LogP contribution in [0, 0.1) is 17.8 Å². The lowest BCUT2D eigenvalue weighted by Crippen LogP contribution is -2.24. The van der Waals surface area contributed by atoms with E-state index in [4.69, 9.17) is 4.74 Å². The molecule has 0 bridgehead atoms. The number of ether oxygens (including phenoxy) is 1. The molecule has 1 aliphatic rings. The zero-order chi connectivity index (χ0) is 8.27. The first-order valence-electron chi connectivity index (χ1n) is 4.79. The Morgan fingerprint density at radius 2 is 1.64 bits per heavy atom. The topological polar surface area (TPSA) is 9.23 Å². The lowest BCUT2D eigenvalue weighted by atomic mass is 9.80. The monoisotopic (exact) mass is 156 g/mol. The number of hydrogen-bond acceptors (Lipinski definition) is 1. The Balaban J connectivity index is 2.32. The highest BCUT2D eigenvalue weighted by Gasteiger charge is 2.22. The third-order valence-corrected chi connectivity index (χ3v) is 3.06. The molecular weight excluding hydrogens is 136 g/mol. The standard InChI is InChI=1S/C10H20O/c1-8(2)9(3)10-4-6-11-7-5-10/h8-10H,4-7H2,1-3H3. The van der Waals surface area contributed by atoms with E-state index in [1.807, 2.05) is 0 Å². The maximum absolute atomic E-state index is 5.33. The van der Waals surface area contributed by atoms with Gasteiger partial charge in [0.05, 0.1) is 0 Å². The SMILES string of the molecule is CC(C)C(C)C1CCOCC1. The minimum atomic E-state index is 0.832. The van der Waals surface area contributed by atoms with Crippen LogP contribution in [0.25, 0.3) is 0 Å². The first-order valence-corrected chi connectivity index (χ1v) is 4.79. The Morgan fingerprint density at radius 3 is 2.09 bits per heavy atom. The summed E-state index contributed by atoms with van der Waals surface area (Å²) < 4.78 is 5.33. The zero-order valence-electron chi connectivity index (χ0n) is 7.97. The molecule has 0 radical (unpaired) electrons. The van der Waals surface area contributed by atoms with Gasteiger partial charge in [-0.15, -0.1) is 0 Å². The molecule has 0 aromatic rings. The highest BCUT2D eigenvalue weighted by atomic mass is 16.5. The minimum absolute atomic E-state index is 0.832. The zero-order valence-corrected chi connectivity index (χ0v) is 7.97. The maximum Gasteiger partial charge on any atom is 0.0468 e. The van der Waals surface area contributed by atoms with Gasteiger partial charge in [0.2, 0.25) is 0 Å². The summed E-state index contributed by atoms with van der Waals surface area (Å²) in [6, 6.07) is 0. The second-order valence-electron chi connectivity index (χ2n) is 4.05. The van der Waals surface area contributed by atoms with E-state index in [1.165, 1.54) is 12.8 Å². The van der Waals surface area contributed by atoms with Crippen LogP contribution in [0.4, 0.5) is 0 Å². The summed E-state index contributed by atoms with van der Waals surface area (Å²) in [4.78, 5) is 0. The van der Waals surface area contributed by atoms with E-state index >= 15 is 0 Å². The van der Waals surface area contributed by atoms with Gasteiger partial charge in [-0.1, -0.05) is 20.8 Å². The maximum atomic E-state index is 5.33. The molecule has 1 rings (SSSR count). The average molecular weight is 156 g/mol. The second-order valence-corrected chi connectivity index (χ2v) is 4.05. The highest BCUT2D eigenvalue weighted by molar-refractivity contribution is 4.71. The summed E-state index contributed by atoms with van der Waals surface area (Å²) in [5.74, 6) is 2.63. The van der Waals surface area contributed by atoms with Gasteiger partial charge >= 0.3 is 0 Å². The molecule has 66 valence electrons. The molecule has 1 nitrogen and oxygen atoms in total. The Kier molecular flexibility index (Phi) is 3.38. The van der Waals surface area contributed by atoms with Crippen molar-refractivity contribution in [3.05, 3.63) is 0 Å². The van der Waals surface area contributed by atoms with Gasteiger partial charge < -0.3 is 4.74 Å². The minimum Gasteiger partial charge on any atom is -0.381 e. The van der Waals surface area contributed by atoms with Crippen molar-refractivity contribution in [1.29, 1.82) is 0 Å². The van der Waals surface area contributed by atoms with Crippen LogP contribution >= 0.6 is 0 Å². The summed E-state index contributed by atoms with van der Waals surface area (Å²) >= 11 is 0. The first-order chi connectivity index (χ1) is 5.22. The van der Waals surface area contributed by atoms with Crippen molar-refractivity contribution < 1.29 is 4.74 Å². The summed E-state index contributed by atoms with van der Waals surface area (Å²) in [7, 11) is 0. The van der Waals surface area contributed by atoms with Gasteiger partial charge in [0.1, 0.15) is 0 Å². The van der Waals surface area contributed by atoms with Crippen molar-refractivity contribution >= 4 is 0 Å². The Hall–Kier alpha value is -0.0400. The average Bonchev–Trinajstić information content (AvgIpc) is 2.05. The van der Waals surface area contributed by atoms with Crippen LogP contribution in [0.5, 0.6) is 0 Å². The summed E-state index contributed by atoms with van der Waals surface area (Å²) in [6.07, 6.45) is 2.55. The third kappa shape index (κ3) is 2.48. The molecule has 0 N–H and O–H groups in total. The van der Waals surface area contributed by atoms with E-state index in [0.717, 1.165) is 31.0 Å². The lowest BCUT2D eigenvalue weighted by Gasteiger charge is -2.30. The largest absolute Gasteiger partial charge is 0.381 e. The molecule has 0 spiro atoms. The van der Waals surface area contributed by atoms with Crippen LogP contribution in [0.3, 0.4) is 0 Å². The van der Waals surface area contributed by atoms with Gasteiger partial charge in [-0.2, -0.15) is 0 Å². The summed E-state index contributed by atoms with van der Waals surface area (Å²) in [6.45, 7) is 8.99. The van der Waals surface area contributed by atoms with E-state index in [-0.39, 0.29) is 0 Å². The molecule has 1 heteroatoms. The molecule has 1 fully saturated rings. The predicted octanol–water partition coefficient (Wildman–Crippen LogP) is 2.71. The van der Waals surface area contributed by atoms with Gasteiger partial charge in [0, 0.05) is 13.2 Å². The van der Waals surface area contributed by atoms with E-state index in [2.05, 4.69) is 20.8 Å². The summed E-state index contributed by atoms with van der Waals surface area (Å²) in [5.41, 5.74) is 0. The molecule has 1 unspecified atom stereocenters. The predicted molar refractivity (Wildman–Crippen MR) is 47.5 cm³/mol. The van der Waals surface area contributed by atoms with Crippen LogP contribution in [0.1, 0.15) is 33.6 Å². The Morgan fingerprint density at radius 1 is 1.09 bits per heavy atom. The van der Waals surface area contributed by atoms with Crippen LogP contribution in [-0.2, 0) is 4.74 Å². The molecule has 1 saturated heterocycles. The van der Waals surface area contributed by atoms with Gasteiger partial charge in [0.25, 0.3) is 0 Å². The van der Waals surface area contributed by atoms with Gasteiger partial charge in [-0.25, -0.2) is 0 Å². The van der Waals surface area contributed by atoms with E-state index in [1.54, 1.807) is 0 Å². The van der Waals surface area contributed by atoms with E-state index in [0.29, 0.717) is 0 Å². The molecule has 0 saturated carbocycles. The first kappa shape index (κ1) is 9.05. The quantitative estimate of drug-likeness (QED) is 0.597. The van der Waals surface area contributed by atoms with Crippen LogP contribution in [0.2, 0.25) is 0 Å². The fourth-order valence-electron chi connectivity index (χ4n) is 1.79. The molecular formula is C10H20O. The van der Waals surface area contributed by atoms with E-state index < -0.39 is 0 Å². The van der Waals surface area contributed by atoms with E-state index in [9.17, 15) is 0 Å². The van der Waals surface area contributed by atoms with Gasteiger partial charge in [-0.3, -0.25) is 0 Å². The van der Waals surface area contributed by atoms with Crippen molar-refractivity contribution in [2.45, 2.75) is 33.6 Å². The van der Waals surface area contributed by atoms with Crippen molar-refractivity contribution in [3.8, 4) is 0 Å². The van der Waals surface area contributed by atoms with Crippen LogP contribution in [0.15, 0.2) is 0 Å². The Labute approximate surface area is 70.1 Å². The van der Waals surface area contributed by atoms with Crippen molar-refractivity contribution in [2.24, 2.45) is 17.8 Å². The fraction of sp³-hybridized carbons (Fsp3) is 1.00. The van der Waals surface area contributed by atoms with Crippen LogP contribution < -0.4 is 0 Å². The van der Waals surface area contributed by atoms with Crippen molar-refractivity contribution in [2.75, 3.05) is 13.2 Å². The van der Waals surface area contributed by atoms with Gasteiger partial charge in [0.15, 0.2) is 0 Å². The second kappa shape index (κ2) is 4.10. The van der Waals surface area contributed by atoms with Crippen LogP contribution in [-0.4, -0.2) is 13.2 Å². The fourth-order valence-corrected chi connectivity index (χ4v) is 1.79. The molecule has 1 aliphatic heterocycles. The molecule has 0 aliphatic carbocycles. The molecule has 0 amide bonds. The normalized spacial score (nSPS) is 24.0. The molecule has 0 aromatic carbocycles. The third-order valence-electron chi connectivity index (χ3n) is 3.06. The van der Waals surface area contributed by atoms with Crippen molar-refractivity contribution in [3.63, 3.8) is 0 Å². The number of hydrogen-bond donors (Lipinski definition) is 0. The van der Waals surface area contributed by atoms with Gasteiger partial charge in [-0.05, 0) is 30.6 Å². The smallest absolute Gasteiger partial charge is 0.0468 e. The summed E-state index contributed by atoms with van der Waals surface area (Å²) in [5, 5.41) is 0. The lowest BCUT2D eigenvalue weighted by molar-refractivity contribution is 0.0414. The van der Waals surface area contributed by atoms with Crippen molar-refractivity contribution in [1.82, 2.24) is 0 Å². The molecule has 1 heterocycles. The number of rotatable bonds is 2. The highest BCUT2D eigenvalue weighted by Crippen LogP contribution is 2.28. The Bertz CT molecular complexity index is 103.